The van der Waals surface area contributed by atoms with Gasteiger partial charge in [0.15, 0.2) is 0 Å². The van der Waals surface area contributed by atoms with Crippen molar-refractivity contribution in [1.82, 2.24) is 0 Å². The number of hydrogen-bond donors (Lipinski definition) is 1. The number of nitrogens with two attached hydrogens (primary N) is 1. The van der Waals surface area contributed by atoms with Crippen LogP contribution in [0.15, 0.2) is 36.4 Å². The number of hydrogen-bond acceptors (Lipinski definition) is 2. The van der Waals surface area contributed by atoms with E-state index in [0.717, 1.165) is 35.3 Å². The van der Waals surface area contributed by atoms with Gasteiger partial charge in [0.05, 0.1) is 12.5 Å². The molecule has 3 nitrogen and oxygen atoms in total. The van der Waals surface area contributed by atoms with Gasteiger partial charge in [0.25, 0.3) is 0 Å². The molecule has 0 aliphatic heterocycles. The van der Waals surface area contributed by atoms with Gasteiger partial charge in [-0.1, -0.05) is 25.1 Å². The Labute approximate surface area is 148 Å². The van der Waals surface area contributed by atoms with Gasteiger partial charge in [-0.2, -0.15) is 0 Å². The van der Waals surface area contributed by atoms with Crippen molar-refractivity contribution in [3.05, 3.63) is 53.3 Å². The minimum atomic E-state index is -0.384. The van der Waals surface area contributed by atoms with Gasteiger partial charge in [0.2, 0.25) is 5.91 Å². The molecule has 1 saturated carbocycles. The van der Waals surface area contributed by atoms with Crippen LogP contribution in [0.25, 0.3) is 11.1 Å². The fraction of sp³-hybridized carbons (Fsp3) is 0.381. The molecule has 25 heavy (non-hydrogen) atoms. The number of rotatable bonds is 6. The maximum atomic E-state index is 14.3. The predicted octanol–water partition coefficient (Wildman–Crippen LogP) is 4.40. The van der Waals surface area contributed by atoms with Gasteiger partial charge in [0, 0.05) is 5.56 Å². The van der Waals surface area contributed by atoms with Crippen LogP contribution in [-0.2, 0) is 17.6 Å². The molecule has 1 fully saturated rings. The van der Waals surface area contributed by atoms with Crippen molar-refractivity contribution in [1.29, 1.82) is 0 Å². The van der Waals surface area contributed by atoms with Crippen molar-refractivity contribution in [3.63, 3.8) is 0 Å². The second-order valence-corrected chi connectivity index (χ2v) is 6.62. The van der Waals surface area contributed by atoms with E-state index in [1.807, 2.05) is 31.2 Å². The summed E-state index contributed by atoms with van der Waals surface area (Å²) in [6.45, 7) is 1.94. The SMILES string of the molecule is CCc1c(F)cccc1-c1cc(CC(N)=O)ccc1OC1CCCC1. The summed E-state index contributed by atoms with van der Waals surface area (Å²) in [6.07, 6.45) is 5.41. The van der Waals surface area contributed by atoms with Gasteiger partial charge >= 0.3 is 0 Å². The number of ether oxygens (including phenoxy) is 1. The zero-order valence-corrected chi connectivity index (χ0v) is 14.6. The molecular weight excluding hydrogens is 317 g/mol. The lowest BCUT2D eigenvalue weighted by Gasteiger charge is -2.19. The zero-order chi connectivity index (χ0) is 17.8. The molecule has 1 aliphatic carbocycles. The molecule has 0 radical (unpaired) electrons. The number of halogens is 1. The highest BCUT2D eigenvalue weighted by molar-refractivity contribution is 5.79. The third kappa shape index (κ3) is 4.01. The van der Waals surface area contributed by atoms with Gasteiger partial charge in [-0.3, -0.25) is 4.79 Å². The lowest BCUT2D eigenvalue weighted by atomic mass is 9.94. The van der Waals surface area contributed by atoms with E-state index in [1.54, 1.807) is 6.07 Å². The van der Waals surface area contributed by atoms with Gasteiger partial charge in [0.1, 0.15) is 11.6 Å². The van der Waals surface area contributed by atoms with Crippen LogP contribution < -0.4 is 10.5 Å². The number of carbonyl (C=O) groups is 1. The fourth-order valence-corrected chi connectivity index (χ4v) is 3.56. The first-order chi connectivity index (χ1) is 12.1. The Kier molecular flexibility index (Phi) is 5.37. The van der Waals surface area contributed by atoms with Gasteiger partial charge in [-0.25, -0.2) is 4.39 Å². The summed E-state index contributed by atoms with van der Waals surface area (Å²) in [5.74, 6) is 0.151. The summed E-state index contributed by atoms with van der Waals surface area (Å²) in [7, 11) is 0. The van der Waals surface area contributed by atoms with Crippen molar-refractivity contribution in [2.24, 2.45) is 5.73 Å². The second-order valence-electron chi connectivity index (χ2n) is 6.62. The van der Waals surface area contributed by atoms with Crippen LogP contribution in [0.1, 0.15) is 43.7 Å². The van der Waals surface area contributed by atoms with Crippen LogP contribution in [-0.4, -0.2) is 12.0 Å². The Morgan fingerprint density at radius 2 is 1.96 bits per heavy atom. The van der Waals surface area contributed by atoms with Crippen LogP contribution in [0.3, 0.4) is 0 Å². The van der Waals surface area contributed by atoms with E-state index >= 15 is 0 Å². The lowest BCUT2D eigenvalue weighted by molar-refractivity contribution is -0.117. The van der Waals surface area contributed by atoms with E-state index in [9.17, 15) is 9.18 Å². The molecule has 4 heteroatoms. The average molecular weight is 341 g/mol. The van der Waals surface area contributed by atoms with Crippen molar-refractivity contribution < 1.29 is 13.9 Å². The van der Waals surface area contributed by atoms with Crippen molar-refractivity contribution in [2.75, 3.05) is 0 Å². The second kappa shape index (κ2) is 7.68. The molecular formula is C21H24FNO2. The van der Waals surface area contributed by atoms with Crippen LogP contribution in [0.5, 0.6) is 5.75 Å². The number of amides is 1. The van der Waals surface area contributed by atoms with Crippen LogP contribution >= 0.6 is 0 Å². The molecule has 0 aromatic heterocycles. The first-order valence-electron chi connectivity index (χ1n) is 8.94. The minimum Gasteiger partial charge on any atom is -0.490 e. The predicted molar refractivity (Wildman–Crippen MR) is 97.0 cm³/mol. The molecule has 2 N–H and O–H groups in total. The highest BCUT2D eigenvalue weighted by atomic mass is 19.1. The van der Waals surface area contributed by atoms with E-state index in [4.69, 9.17) is 10.5 Å². The highest BCUT2D eigenvalue weighted by Gasteiger charge is 2.20. The van der Waals surface area contributed by atoms with Gasteiger partial charge < -0.3 is 10.5 Å². The largest absolute Gasteiger partial charge is 0.490 e. The van der Waals surface area contributed by atoms with E-state index in [-0.39, 0.29) is 24.2 Å². The number of carbonyl (C=O) groups excluding carboxylic acids is 1. The van der Waals surface area contributed by atoms with E-state index in [0.29, 0.717) is 12.0 Å². The van der Waals surface area contributed by atoms with Gasteiger partial charge in [-0.05, 0) is 67.0 Å². The summed E-state index contributed by atoms with van der Waals surface area (Å²) in [6, 6.07) is 10.8. The molecule has 2 aromatic rings. The maximum Gasteiger partial charge on any atom is 0.221 e. The Hall–Kier alpha value is -2.36. The third-order valence-electron chi connectivity index (χ3n) is 4.78. The molecule has 0 heterocycles. The molecule has 1 aliphatic rings. The number of primary amides is 1. The Balaban J connectivity index is 2.06. The summed E-state index contributed by atoms with van der Waals surface area (Å²) in [4.78, 5) is 11.3. The highest BCUT2D eigenvalue weighted by Crippen LogP contribution is 2.37. The first kappa shape index (κ1) is 17.5. The third-order valence-corrected chi connectivity index (χ3v) is 4.78. The van der Waals surface area contributed by atoms with Crippen LogP contribution in [0, 0.1) is 5.82 Å². The summed E-state index contributed by atoms with van der Waals surface area (Å²) < 4.78 is 20.5. The van der Waals surface area contributed by atoms with E-state index < -0.39 is 0 Å². The molecule has 0 atom stereocenters. The molecule has 0 spiro atoms. The zero-order valence-electron chi connectivity index (χ0n) is 14.6. The molecule has 0 unspecified atom stereocenters. The Morgan fingerprint density at radius 3 is 2.64 bits per heavy atom. The topological polar surface area (TPSA) is 52.3 Å². The standard InChI is InChI=1S/C21H24FNO2/c1-2-16-17(8-5-9-19(16)22)18-12-14(13-21(23)24)10-11-20(18)25-15-6-3-4-7-15/h5,8-12,15H,2-4,6-7,13H2,1H3,(H2,23,24). The summed E-state index contributed by atoms with van der Waals surface area (Å²) in [5.41, 5.74) is 8.46. The normalized spacial score (nSPS) is 14.6. The van der Waals surface area contributed by atoms with Crippen molar-refractivity contribution in [2.45, 2.75) is 51.6 Å². The Bertz CT molecular complexity index is 766. The van der Waals surface area contributed by atoms with Gasteiger partial charge in [-0.15, -0.1) is 0 Å². The minimum absolute atomic E-state index is 0.160. The fourth-order valence-electron chi connectivity index (χ4n) is 3.56. The lowest BCUT2D eigenvalue weighted by Crippen LogP contribution is -2.14. The smallest absolute Gasteiger partial charge is 0.221 e. The molecule has 0 saturated heterocycles. The monoisotopic (exact) mass is 341 g/mol. The van der Waals surface area contributed by atoms with E-state index in [2.05, 4.69) is 0 Å². The van der Waals surface area contributed by atoms with E-state index in [1.165, 1.54) is 18.9 Å². The van der Waals surface area contributed by atoms with Crippen molar-refractivity contribution in [3.8, 4) is 16.9 Å². The Morgan fingerprint density at radius 1 is 1.20 bits per heavy atom. The van der Waals surface area contributed by atoms with Crippen molar-refractivity contribution >= 4 is 5.91 Å². The molecule has 2 aromatic carbocycles. The summed E-state index contributed by atoms with van der Waals surface area (Å²) in [5, 5.41) is 0. The first-order valence-corrected chi connectivity index (χ1v) is 8.94. The number of benzene rings is 2. The molecule has 3 rings (SSSR count). The quantitative estimate of drug-likeness (QED) is 0.846. The molecule has 0 bridgehead atoms. The van der Waals surface area contributed by atoms with Crippen LogP contribution in [0.2, 0.25) is 0 Å². The summed E-state index contributed by atoms with van der Waals surface area (Å²) >= 11 is 0. The molecule has 1 amide bonds. The maximum absolute atomic E-state index is 14.3. The molecule has 132 valence electrons. The average Bonchev–Trinajstić information content (AvgIpc) is 3.08. The van der Waals surface area contributed by atoms with Crippen LogP contribution in [0.4, 0.5) is 4.39 Å².